The van der Waals surface area contributed by atoms with Gasteiger partial charge in [0.05, 0.1) is 31.6 Å². The van der Waals surface area contributed by atoms with Crippen molar-refractivity contribution in [1.29, 1.82) is 0 Å². The topological polar surface area (TPSA) is 156 Å². The van der Waals surface area contributed by atoms with Gasteiger partial charge < -0.3 is 26.0 Å². The van der Waals surface area contributed by atoms with Crippen LogP contribution in [0.2, 0.25) is 0 Å². The number of nitrogens with zero attached hydrogens (tertiary/aromatic N) is 7. The average Bonchev–Trinajstić information content (AvgIpc) is 3.57. The van der Waals surface area contributed by atoms with Crippen LogP contribution in [0.1, 0.15) is 35.7 Å². The lowest BCUT2D eigenvalue weighted by Gasteiger charge is -2.38. The molecule has 0 radical (unpaired) electrons. The predicted molar refractivity (Wildman–Crippen MR) is 155 cm³/mol. The van der Waals surface area contributed by atoms with E-state index >= 15 is 0 Å². The summed E-state index contributed by atoms with van der Waals surface area (Å²) in [5.41, 5.74) is 10.8. The normalized spacial score (nSPS) is 15.7. The standard InChI is InChI=1S/C28H36N10O3/c1-5-22(37-10-12-38(13-11-37)23(39)14-29)26(40)34-25-20-7-6-19(18(20)8-9-30-25)24-17(2)15-31-28(33-24)32-21-16-36(3)35-27(21)41-4/h6,8-9,15-16,22H,5,7,10-14,29H2,1-4H3,(H,30,34,40)(H,31,32,33). The zero-order valence-electron chi connectivity index (χ0n) is 23.8. The summed E-state index contributed by atoms with van der Waals surface area (Å²) >= 11 is 0. The molecule has 4 heterocycles. The van der Waals surface area contributed by atoms with E-state index in [1.807, 2.05) is 27.0 Å². The molecule has 13 heteroatoms. The molecule has 216 valence electrons. The summed E-state index contributed by atoms with van der Waals surface area (Å²) in [6.45, 7) is 6.34. The van der Waals surface area contributed by atoms with Crippen molar-refractivity contribution in [2.75, 3.05) is 50.5 Å². The van der Waals surface area contributed by atoms with Crippen LogP contribution in [0.4, 0.5) is 17.5 Å². The van der Waals surface area contributed by atoms with Gasteiger partial charge in [0.1, 0.15) is 11.5 Å². The number of rotatable bonds is 9. The number of aryl methyl sites for hydroxylation is 2. The molecule has 2 aliphatic rings. The number of pyridine rings is 1. The van der Waals surface area contributed by atoms with Crippen molar-refractivity contribution in [3.63, 3.8) is 0 Å². The Hall–Kier alpha value is -4.36. The number of hydrogen-bond acceptors (Lipinski definition) is 10. The average molecular weight is 561 g/mol. The summed E-state index contributed by atoms with van der Waals surface area (Å²) in [6, 6.07) is 1.63. The van der Waals surface area contributed by atoms with Crippen molar-refractivity contribution in [2.24, 2.45) is 12.8 Å². The molecule has 1 fully saturated rings. The first kappa shape index (κ1) is 28.2. The van der Waals surface area contributed by atoms with E-state index in [0.29, 0.717) is 62.4 Å². The highest BCUT2D eigenvalue weighted by Crippen LogP contribution is 2.36. The van der Waals surface area contributed by atoms with Crippen LogP contribution in [-0.2, 0) is 23.1 Å². The number of methoxy groups -OCH3 is 1. The van der Waals surface area contributed by atoms with Gasteiger partial charge in [-0.2, -0.15) is 0 Å². The molecule has 1 saturated heterocycles. The van der Waals surface area contributed by atoms with E-state index in [1.54, 1.807) is 35.3 Å². The number of nitrogens with two attached hydrogens (primary N) is 1. The lowest BCUT2D eigenvalue weighted by atomic mass is 10.0. The molecule has 3 aromatic rings. The van der Waals surface area contributed by atoms with E-state index in [-0.39, 0.29) is 24.4 Å². The number of anilines is 3. The maximum absolute atomic E-state index is 13.4. The first-order chi connectivity index (χ1) is 19.8. The smallest absolute Gasteiger partial charge is 0.256 e. The predicted octanol–water partition coefficient (Wildman–Crippen LogP) is 1.47. The third kappa shape index (κ3) is 5.77. The molecule has 4 N–H and O–H groups in total. The van der Waals surface area contributed by atoms with Crippen LogP contribution in [0, 0.1) is 6.92 Å². The number of piperazine rings is 1. The quantitative estimate of drug-likeness (QED) is 0.350. The van der Waals surface area contributed by atoms with Crippen LogP contribution in [0.3, 0.4) is 0 Å². The van der Waals surface area contributed by atoms with Gasteiger partial charge in [0, 0.05) is 56.8 Å². The highest BCUT2D eigenvalue weighted by molar-refractivity contribution is 5.96. The van der Waals surface area contributed by atoms with Crippen molar-refractivity contribution in [3.05, 3.63) is 53.1 Å². The summed E-state index contributed by atoms with van der Waals surface area (Å²) in [4.78, 5) is 43.1. The Morgan fingerprint density at radius 1 is 1.20 bits per heavy atom. The number of aromatic nitrogens is 5. The minimum absolute atomic E-state index is 0.00409. The fraction of sp³-hybridized carbons (Fsp3) is 0.429. The first-order valence-corrected chi connectivity index (χ1v) is 13.7. The fourth-order valence-corrected chi connectivity index (χ4v) is 5.42. The van der Waals surface area contributed by atoms with Crippen molar-refractivity contribution in [1.82, 2.24) is 34.5 Å². The number of fused-ring (bicyclic) bond motifs is 1. The van der Waals surface area contributed by atoms with Crippen LogP contribution < -0.4 is 21.1 Å². The second-order valence-corrected chi connectivity index (χ2v) is 10.1. The van der Waals surface area contributed by atoms with E-state index in [0.717, 1.165) is 28.0 Å². The molecule has 13 nitrogen and oxygen atoms in total. The highest BCUT2D eigenvalue weighted by atomic mass is 16.5. The minimum Gasteiger partial charge on any atom is -0.478 e. The highest BCUT2D eigenvalue weighted by Gasteiger charge is 2.30. The Balaban J connectivity index is 1.32. The Morgan fingerprint density at radius 2 is 1.98 bits per heavy atom. The van der Waals surface area contributed by atoms with E-state index in [1.165, 1.54) is 0 Å². The summed E-state index contributed by atoms with van der Waals surface area (Å²) in [7, 11) is 3.38. The van der Waals surface area contributed by atoms with Crippen LogP contribution in [0.15, 0.2) is 30.7 Å². The summed E-state index contributed by atoms with van der Waals surface area (Å²) in [5, 5.41) is 10.6. The zero-order valence-corrected chi connectivity index (χ0v) is 23.8. The van der Waals surface area contributed by atoms with Crippen LogP contribution in [-0.4, -0.2) is 92.2 Å². The number of carbonyl (C=O) groups is 2. The molecular weight excluding hydrogens is 524 g/mol. The number of allylic oxidation sites excluding steroid dienone is 1. The zero-order chi connectivity index (χ0) is 29.1. The molecule has 1 aliphatic heterocycles. The molecule has 0 bridgehead atoms. The number of nitrogens with one attached hydrogen (secondary N) is 2. The van der Waals surface area contributed by atoms with Gasteiger partial charge in [-0.05, 0) is 37.0 Å². The number of amides is 2. The maximum Gasteiger partial charge on any atom is 0.256 e. The molecule has 1 aliphatic carbocycles. The van der Waals surface area contributed by atoms with Crippen LogP contribution >= 0.6 is 0 Å². The third-order valence-corrected chi connectivity index (χ3v) is 7.53. The SMILES string of the molecule is CCC(C(=O)Nc1nccc2c1CC=C2c1nc(Nc2cn(C)nc2OC)ncc1C)N1CCN(C(=O)CN)CC1. The van der Waals surface area contributed by atoms with Gasteiger partial charge in [0.15, 0.2) is 0 Å². The molecule has 2 amide bonds. The van der Waals surface area contributed by atoms with Crippen LogP contribution in [0.25, 0.3) is 5.57 Å². The lowest BCUT2D eigenvalue weighted by molar-refractivity contribution is -0.132. The van der Waals surface area contributed by atoms with E-state index < -0.39 is 0 Å². The van der Waals surface area contributed by atoms with Crippen LogP contribution in [0.5, 0.6) is 5.88 Å². The lowest BCUT2D eigenvalue weighted by Crippen LogP contribution is -2.55. The Kier molecular flexibility index (Phi) is 8.26. The Labute approximate surface area is 238 Å². The minimum atomic E-state index is -0.321. The molecule has 1 atom stereocenters. The molecule has 0 saturated carbocycles. The molecule has 41 heavy (non-hydrogen) atoms. The van der Waals surface area contributed by atoms with Crippen molar-refractivity contribution < 1.29 is 14.3 Å². The monoisotopic (exact) mass is 560 g/mol. The Morgan fingerprint density at radius 3 is 2.68 bits per heavy atom. The second kappa shape index (κ2) is 12.0. The molecular formula is C28H36N10O3. The van der Waals surface area contributed by atoms with Gasteiger partial charge in [-0.15, -0.1) is 5.10 Å². The maximum atomic E-state index is 13.4. The number of ether oxygens (including phenoxy) is 1. The first-order valence-electron chi connectivity index (χ1n) is 13.7. The van der Waals surface area contributed by atoms with Gasteiger partial charge >= 0.3 is 0 Å². The van der Waals surface area contributed by atoms with Gasteiger partial charge in [-0.3, -0.25) is 19.2 Å². The number of carbonyl (C=O) groups excluding carboxylic acids is 2. The summed E-state index contributed by atoms with van der Waals surface area (Å²) < 4.78 is 6.99. The largest absolute Gasteiger partial charge is 0.478 e. The van der Waals surface area contributed by atoms with E-state index in [4.69, 9.17) is 15.5 Å². The molecule has 0 aromatic carbocycles. The van der Waals surface area contributed by atoms with E-state index in [9.17, 15) is 9.59 Å². The molecule has 5 rings (SSSR count). The van der Waals surface area contributed by atoms with Crippen molar-refractivity contribution in [2.45, 2.75) is 32.7 Å². The van der Waals surface area contributed by atoms with E-state index in [2.05, 4.69) is 36.7 Å². The van der Waals surface area contributed by atoms with Gasteiger partial charge in [0.2, 0.25) is 17.8 Å². The molecule has 0 spiro atoms. The van der Waals surface area contributed by atoms with Crippen molar-refractivity contribution >= 4 is 34.8 Å². The van der Waals surface area contributed by atoms with Gasteiger partial charge in [-0.1, -0.05) is 13.0 Å². The Bertz CT molecular complexity index is 1480. The van der Waals surface area contributed by atoms with Gasteiger partial charge in [-0.25, -0.2) is 15.0 Å². The molecule has 1 unspecified atom stereocenters. The molecule has 3 aromatic heterocycles. The summed E-state index contributed by atoms with van der Waals surface area (Å²) in [5.74, 6) is 1.27. The third-order valence-electron chi connectivity index (χ3n) is 7.53. The number of hydrogen-bond donors (Lipinski definition) is 3. The summed E-state index contributed by atoms with van der Waals surface area (Å²) in [6.07, 6.45) is 8.66. The fourth-order valence-electron chi connectivity index (χ4n) is 5.42. The second-order valence-electron chi connectivity index (χ2n) is 10.1. The van der Waals surface area contributed by atoms with Gasteiger partial charge in [0.25, 0.3) is 5.88 Å². The van der Waals surface area contributed by atoms with Crippen molar-refractivity contribution in [3.8, 4) is 5.88 Å².